The minimum Gasteiger partial charge on any atom is -0.756 e. The van der Waals surface area contributed by atoms with Gasteiger partial charge in [-0.05, 0) is 83.5 Å². The molecule has 0 saturated heterocycles. The second kappa shape index (κ2) is 63.0. The van der Waals surface area contributed by atoms with Crippen LogP contribution >= 0.6 is 7.82 Å². The molecular formula is C72H132NO8P. The highest BCUT2D eigenvalue weighted by Crippen LogP contribution is 2.38. The Morgan fingerprint density at radius 2 is 0.695 bits per heavy atom. The number of carbonyl (C=O) groups excluding carboxylic acids is 2. The van der Waals surface area contributed by atoms with Crippen LogP contribution in [0.25, 0.3) is 0 Å². The zero-order valence-corrected chi connectivity index (χ0v) is 55.3. The first-order valence-corrected chi connectivity index (χ1v) is 36.1. The fourth-order valence-corrected chi connectivity index (χ4v) is 10.6. The number of ether oxygens (including phenoxy) is 2. The summed E-state index contributed by atoms with van der Waals surface area (Å²) in [5.41, 5.74) is 0. The van der Waals surface area contributed by atoms with Crippen LogP contribution in [-0.4, -0.2) is 70.0 Å². The number of phosphoric acid groups is 1. The van der Waals surface area contributed by atoms with Crippen LogP contribution in [0.3, 0.4) is 0 Å². The number of nitrogens with zero attached hydrogens (tertiary/aromatic N) is 1. The number of hydrogen-bond donors (Lipinski definition) is 0. The van der Waals surface area contributed by atoms with Crippen molar-refractivity contribution in [2.45, 2.75) is 328 Å². The average Bonchev–Trinajstić information content (AvgIpc) is 3.46. The summed E-state index contributed by atoms with van der Waals surface area (Å²) in [6.07, 6.45) is 84.2. The van der Waals surface area contributed by atoms with Crippen LogP contribution in [0.1, 0.15) is 322 Å². The largest absolute Gasteiger partial charge is 0.756 e. The van der Waals surface area contributed by atoms with E-state index >= 15 is 0 Å². The van der Waals surface area contributed by atoms with E-state index in [4.69, 9.17) is 18.5 Å². The highest BCUT2D eigenvalue weighted by Gasteiger charge is 2.22. The predicted octanol–water partition coefficient (Wildman–Crippen LogP) is 21.8. The first kappa shape index (κ1) is 79.5. The summed E-state index contributed by atoms with van der Waals surface area (Å²) in [5, 5.41) is 0. The number of rotatable bonds is 64. The Bertz CT molecular complexity index is 1610. The summed E-state index contributed by atoms with van der Waals surface area (Å²) < 4.78 is 34.3. The summed E-state index contributed by atoms with van der Waals surface area (Å²) in [4.78, 5) is 38.0. The molecule has 478 valence electrons. The molecule has 0 aliphatic carbocycles. The van der Waals surface area contributed by atoms with Crippen molar-refractivity contribution < 1.29 is 42.1 Å². The minimum absolute atomic E-state index is 0.0312. The number of allylic oxidation sites excluding steroid dienone is 12. The molecule has 2 atom stereocenters. The fraction of sp³-hybridized carbons (Fsp3) is 0.806. The third-order valence-electron chi connectivity index (χ3n) is 15.2. The molecule has 0 rings (SSSR count). The molecule has 0 aromatic carbocycles. The average molecular weight is 1170 g/mol. The number of quaternary nitrogens is 1. The van der Waals surface area contributed by atoms with Gasteiger partial charge in [0.15, 0.2) is 6.10 Å². The van der Waals surface area contributed by atoms with Crippen LogP contribution in [-0.2, 0) is 32.7 Å². The summed E-state index contributed by atoms with van der Waals surface area (Å²) in [5.74, 6) is -0.824. The number of esters is 2. The number of hydrogen-bond acceptors (Lipinski definition) is 8. The first-order chi connectivity index (χ1) is 40.0. The van der Waals surface area contributed by atoms with Gasteiger partial charge in [-0.15, -0.1) is 0 Å². The maximum Gasteiger partial charge on any atom is 0.306 e. The Morgan fingerprint density at radius 3 is 1.04 bits per heavy atom. The third kappa shape index (κ3) is 66.6. The SMILES string of the molecule is CC/C=C\C/C=C\C/C=C\C/C=C\CCCCCCCCCCCCCCCCCCCCCCCCCCC(=O)OC(COC(=O)CCCCCCCCCCC/C=C\C/C=C\CCCCCCC)COP(=O)([O-])OCC[N+](C)(C)C. The Balaban J connectivity index is 3.97. The monoisotopic (exact) mass is 1170 g/mol. The second-order valence-corrected chi connectivity index (χ2v) is 25.9. The van der Waals surface area contributed by atoms with Gasteiger partial charge in [0.05, 0.1) is 27.7 Å². The van der Waals surface area contributed by atoms with E-state index in [1.54, 1.807) is 0 Å². The van der Waals surface area contributed by atoms with Crippen molar-refractivity contribution in [1.82, 2.24) is 0 Å². The number of unbranched alkanes of at least 4 members (excludes halogenated alkanes) is 38. The van der Waals surface area contributed by atoms with Gasteiger partial charge in [0, 0.05) is 12.8 Å². The summed E-state index contributed by atoms with van der Waals surface area (Å²) in [6, 6.07) is 0. The van der Waals surface area contributed by atoms with Gasteiger partial charge >= 0.3 is 11.9 Å². The van der Waals surface area contributed by atoms with Crippen molar-refractivity contribution in [1.29, 1.82) is 0 Å². The van der Waals surface area contributed by atoms with Crippen LogP contribution < -0.4 is 4.89 Å². The van der Waals surface area contributed by atoms with Crippen molar-refractivity contribution in [3.05, 3.63) is 72.9 Å². The Morgan fingerprint density at radius 1 is 0.390 bits per heavy atom. The van der Waals surface area contributed by atoms with Gasteiger partial charge in [0.1, 0.15) is 19.8 Å². The van der Waals surface area contributed by atoms with Gasteiger partial charge in [-0.2, -0.15) is 0 Å². The maximum absolute atomic E-state index is 12.9. The lowest BCUT2D eigenvalue weighted by Crippen LogP contribution is -2.37. The third-order valence-corrected chi connectivity index (χ3v) is 16.2. The lowest BCUT2D eigenvalue weighted by atomic mass is 10.0. The molecule has 0 heterocycles. The number of phosphoric ester groups is 1. The topological polar surface area (TPSA) is 111 Å². The van der Waals surface area contributed by atoms with Gasteiger partial charge in [-0.1, -0.05) is 299 Å². The maximum atomic E-state index is 12.9. The highest BCUT2D eigenvalue weighted by atomic mass is 31.2. The summed E-state index contributed by atoms with van der Waals surface area (Å²) in [6.45, 7) is 4.15. The van der Waals surface area contributed by atoms with Gasteiger partial charge in [-0.3, -0.25) is 14.2 Å². The van der Waals surface area contributed by atoms with Gasteiger partial charge < -0.3 is 27.9 Å². The standard InChI is InChI=1S/C72H132NO8P/c1-6-8-10-12-14-16-18-20-22-24-26-28-29-30-31-32-33-34-35-36-37-38-39-40-41-42-43-45-47-49-51-53-55-57-59-61-63-65-72(75)81-70(69-80-82(76,77)79-67-66-73(3,4)5)68-78-71(74)64-62-60-58-56-54-52-50-48-46-44-27-25-23-21-19-17-15-13-11-9-7-2/h8,10,14,16,19-22,25-28,70H,6-7,9,11-13,15,17-18,23-24,29-69H2,1-5H3/b10-8-,16-14-,21-19-,22-20-,27-25-,28-26-. The van der Waals surface area contributed by atoms with Crippen molar-refractivity contribution in [3.8, 4) is 0 Å². The molecule has 10 heteroatoms. The zero-order valence-electron chi connectivity index (χ0n) is 54.4. The summed E-state index contributed by atoms with van der Waals surface area (Å²) in [7, 11) is 1.17. The van der Waals surface area contributed by atoms with Crippen molar-refractivity contribution in [2.75, 3.05) is 47.5 Å². The van der Waals surface area contributed by atoms with Gasteiger partial charge in [0.2, 0.25) is 0 Å². The predicted molar refractivity (Wildman–Crippen MR) is 351 cm³/mol. The van der Waals surface area contributed by atoms with E-state index in [9.17, 15) is 19.0 Å². The number of carbonyl (C=O) groups is 2. The molecule has 0 fully saturated rings. The molecule has 0 radical (unpaired) electrons. The Labute approximate surface area is 508 Å². The van der Waals surface area contributed by atoms with Crippen molar-refractivity contribution in [3.63, 3.8) is 0 Å². The molecule has 9 nitrogen and oxygen atoms in total. The van der Waals surface area contributed by atoms with E-state index in [1.807, 2.05) is 21.1 Å². The summed E-state index contributed by atoms with van der Waals surface area (Å²) >= 11 is 0. The smallest absolute Gasteiger partial charge is 0.306 e. The molecule has 82 heavy (non-hydrogen) atoms. The quantitative estimate of drug-likeness (QED) is 0.0195. The lowest BCUT2D eigenvalue weighted by molar-refractivity contribution is -0.870. The molecule has 0 N–H and O–H groups in total. The molecule has 0 spiro atoms. The zero-order chi connectivity index (χ0) is 59.8. The van der Waals surface area contributed by atoms with E-state index < -0.39 is 26.5 Å². The highest BCUT2D eigenvalue weighted by molar-refractivity contribution is 7.45. The van der Waals surface area contributed by atoms with Gasteiger partial charge in [-0.25, -0.2) is 0 Å². The van der Waals surface area contributed by atoms with Gasteiger partial charge in [0.25, 0.3) is 7.82 Å². The van der Waals surface area contributed by atoms with E-state index in [2.05, 4.69) is 86.8 Å². The van der Waals surface area contributed by atoms with E-state index in [-0.39, 0.29) is 32.0 Å². The van der Waals surface area contributed by atoms with E-state index in [0.717, 1.165) is 64.2 Å². The molecule has 0 aliphatic rings. The molecule has 0 aliphatic heterocycles. The van der Waals surface area contributed by atoms with Crippen LogP contribution in [0.4, 0.5) is 0 Å². The fourth-order valence-electron chi connectivity index (χ4n) is 9.92. The van der Waals surface area contributed by atoms with Crippen molar-refractivity contribution in [2.24, 2.45) is 0 Å². The first-order valence-electron chi connectivity index (χ1n) is 34.6. The molecule has 0 amide bonds. The Kier molecular flexibility index (Phi) is 61.0. The minimum atomic E-state index is -4.64. The molecule has 2 unspecified atom stereocenters. The molecular weight excluding hydrogens is 1040 g/mol. The molecule has 0 bridgehead atoms. The van der Waals surface area contributed by atoms with Crippen LogP contribution in [0.2, 0.25) is 0 Å². The molecule has 0 saturated carbocycles. The van der Waals surface area contributed by atoms with Crippen molar-refractivity contribution >= 4 is 19.8 Å². The van der Waals surface area contributed by atoms with Crippen LogP contribution in [0.15, 0.2) is 72.9 Å². The van der Waals surface area contributed by atoms with E-state index in [0.29, 0.717) is 17.4 Å². The lowest BCUT2D eigenvalue weighted by Gasteiger charge is -2.28. The normalized spacial score (nSPS) is 13.6. The van der Waals surface area contributed by atoms with Crippen LogP contribution in [0, 0.1) is 0 Å². The van der Waals surface area contributed by atoms with E-state index in [1.165, 1.54) is 225 Å². The molecule has 0 aromatic rings. The second-order valence-electron chi connectivity index (χ2n) is 24.5. The Hall–Kier alpha value is -2.55. The molecule has 0 aromatic heterocycles. The number of likely N-dealkylation sites (N-methyl/N-ethyl adjacent to an activating group) is 1. The van der Waals surface area contributed by atoms with Crippen LogP contribution in [0.5, 0.6) is 0 Å².